The van der Waals surface area contributed by atoms with Gasteiger partial charge in [-0.2, -0.15) is 5.10 Å². The van der Waals surface area contributed by atoms with E-state index in [-0.39, 0.29) is 18.4 Å². The summed E-state index contributed by atoms with van der Waals surface area (Å²) in [5.74, 6) is 0.248. The number of benzene rings is 1. The Morgan fingerprint density at radius 1 is 1.18 bits per heavy atom. The second kappa shape index (κ2) is 8.89. The van der Waals surface area contributed by atoms with E-state index in [9.17, 15) is 9.59 Å². The van der Waals surface area contributed by atoms with E-state index in [1.54, 1.807) is 19.0 Å². The number of carbonyl (C=O) groups excluding carboxylic acids is 2. The van der Waals surface area contributed by atoms with E-state index in [4.69, 9.17) is 4.98 Å². The minimum Gasteiger partial charge on any atom is -0.358 e. The third-order valence-electron chi connectivity index (χ3n) is 5.59. The number of rotatable bonds is 7. The van der Waals surface area contributed by atoms with Crippen LogP contribution < -0.4 is 15.5 Å². The topological polar surface area (TPSA) is 121 Å². The summed E-state index contributed by atoms with van der Waals surface area (Å²) in [6.45, 7) is 6.78. The van der Waals surface area contributed by atoms with Gasteiger partial charge in [-0.1, -0.05) is 6.92 Å². The molecule has 3 aromatic heterocycles. The number of aromatic nitrogens is 5. The number of aryl methyl sites for hydroxylation is 3. The molecule has 0 atom stereocenters. The largest absolute Gasteiger partial charge is 0.358 e. The SMILES string of the molecule is CCc1cc(C(=O)Nc2ccc3nc(N(C)CC(=O)NC)[nH]c3c2)c2c(C)nn(CC)c2n1. The quantitative estimate of drug-likeness (QED) is 0.400. The maximum atomic E-state index is 13.3. The lowest BCUT2D eigenvalue weighted by atomic mass is 10.1. The summed E-state index contributed by atoms with van der Waals surface area (Å²) in [6, 6.07) is 7.32. The Morgan fingerprint density at radius 3 is 2.67 bits per heavy atom. The van der Waals surface area contributed by atoms with Crippen molar-refractivity contribution in [3.63, 3.8) is 0 Å². The number of hydrogen-bond acceptors (Lipinski definition) is 6. The molecule has 3 N–H and O–H groups in total. The highest BCUT2D eigenvalue weighted by molar-refractivity contribution is 6.13. The lowest BCUT2D eigenvalue weighted by molar-refractivity contribution is -0.119. The highest BCUT2D eigenvalue weighted by Gasteiger charge is 2.19. The van der Waals surface area contributed by atoms with Crippen molar-refractivity contribution >= 4 is 45.5 Å². The minimum absolute atomic E-state index is 0.109. The summed E-state index contributed by atoms with van der Waals surface area (Å²) >= 11 is 0. The van der Waals surface area contributed by atoms with E-state index < -0.39 is 0 Å². The average Bonchev–Trinajstić information content (AvgIpc) is 3.38. The van der Waals surface area contributed by atoms with Gasteiger partial charge in [0.05, 0.1) is 34.2 Å². The number of pyridine rings is 1. The number of H-pyrrole nitrogens is 1. The fourth-order valence-electron chi connectivity index (χ4n) is 3.81. The maximum Gasteiger partial charge on any atom is 0.256 e. The molecule has 10 nitrogen and oxygen atoms in total. The zero-order valence-corrected chi connectivity index (χ0v) is 19.5. The van der Waals surface area contributed by atoms with Gasteiger partial charge in [0.15, 0.2) is 5.65 Å². The number of fused-ring (bicyclic) bond motifs is 2. The summed E-state index contributed by atoms with van der Waals surface area (Å²) in [5.41, 5.74) is 5.05. The van der Waals surface area contributed by atoms with E-state index in [2.05, 4.69) is 25.7 Å². The van der Waals surface area contributed by atoms with Gasteiger partial charge in [-0.3, -0.25) is 9.59 Å². The molecule has 0 unspecified atom stereocenters. The summed E-state index contributed by atoms with van der Waals surface area (Å²) in [7, 11) is 3.38. The first-order valence-electron chi connectivity index (χ1n) is 10.9. The van der Waals surface area contributed by atoms with Crippen LogP contribution in [0.1, 0.15) is 35.6 Å². The van der Waals surface area contributed by atoms with Gasteiger partial charge in [-0.05, 0) is 44.5 Å². The Kier molecular flexibility index (Phi) is 5.99. The van der Waals surface area contributed by atoms with E-state index in [0.717, 1.165) is 39.9 Å². The van der Waals surface area contributed by atoms with Gasteiger partial charge in [-0.25, -0.2) is 14.6 Å². The lowest BCUT2D eigenvalue weighted by Gasteiger charge is -2.13. The predicted molar refractivity (Wildman–Crippen MR) is 129 cm³/mol. The Morgan fingerprint density at radius 2 is 1.97 bits per heavy atom. The smallest absolute Gasteiger partial charge is 0.256 e. The fraction of sp³-hybridized carbons (Fsp3) is 0.348. The van der Waals surface area contributed by atoms with Gasteiger partial charge in [0.2, 0.25) is 11.9 Å². The molecule has 0 bridgehead atoms. The third kappa shape index (κ3) is 4.23. The van der Waals surface area contributed by atoms with Crippen molar-refractivity contribution in [1.82, 2.24) is 30.0 Å². The first-order valence-corrected chi connectivity index (χ1v) is 10.9. The highest BCUT2D eigenvalue weighted by atomic mass is 16.2. The molecule has 0 aliphatic rings. The van der Waals surface area contributed by atoms with Crippen LogP contribution in [0.3, 0.4) is 0 Å². The Labute approximate surface area is 191 Å². The number of anilines is 2. The van der Waals surface area contributed by atoms with Gasteiger partial charge < -0.3 is 20.5 Å². The molecule has 0 saturated heterocycles. The van der Waals surface area contributed by atoms with Crippen LogP contribution in [-0.2, 0) is 17.8 Å². The number of hydrogen-bond donors (Lipinski definition) is 3. The van der Waals surface area contributed by atoms with Crippen LogP contribution in [0, 0.1) is 6.92 Å². The molecular weight excluding hydrogens is 420 g/mol. The number of amides is 2. The molecule has 4 aromatic rings. The molecule has 4 rings (SSSR count). The molecule has 2 amide bonds. The molecule has 0 spiro atoms. The molecule has 33 heavy (non-hydrogen) atoms. The lowest BCUT2D eigenvalue weighted by Crippen LogP contribution is -2.33. The molecule has 0 aliphatic carbocycles. The number of imidazole rings is 1. The number of likely N-dealkylation sites (N-methyl/N-ethyl adjacent to an activating group) is 2. The van der Waals surface area contributed by atoms with Crippen LogP contribution >= 0.6 is 0 Å². The number of aromatic amines is 1. The second-order valence-corrected chi connectivity index (χ2v) is 7.89. The average molecular weight is 449 g/mol. The summed E-state index contributed by atoms with van der Waals surface area (Å²) in [5, 5.41) is 10.9. The van der Waals surface area contributed by atoms with Crippen molar-refractivity contribution in [3.05, 3.63) is 41.2 Å². The first kappa shape index (κ1) is 22.3. The molecule has 0 radical (unpaired) electrons. The fourth-order valence-corrected chi connectivity index (χ4v) is 3.81. The Balaban J connectivity index is 1.65. The molecule has 172 valence electrons. The molecule has 0 saturated carbocycles. The van der Waals surface area contributed by atoms with Gasteiger partial charge in [0, 0.05) is 32.0 Å². The van der Waals surface area contributed by atoms with E-state index >= 15 is 0 Å². The Hall–Kier alpha value is -3.95. The minimum atomic E-state index is -0.216. The monoisotopic (exact) mass is 448 g/mol. The van der Waals surface area contributed by atoms with Crippen molar-refractivity contribution in [1.29, 1.82) is 0 Å². The summed E-state index contributed by atoms with van der Waals surface area (Å²) in [4.78, 5) is 39.1. The van der Waals surface area contributed by atoms with Crippen LogP contribution in [0.4, 0.5) is 11.6 Å². The van der Waals surface area contributed by atoms with Gasteiger partial charge in [0.1, 0.15) is 0 Å². The maximum absolute atomic E-state index is 13.3. The van der Waals surface area contributed by atoms with Crippen molar-refractivity contribution < 1.29 is 9.59 Å². The zero-order chi connectivity index (χ0) is 23.7. The van der Waals surface area contributed by atoms with E-state index in [1.165, 1.54) is 0 Å². The number of carbonyl (C=O) groups is 2. The van der Waals surface area contributed by atoms with Crippen molar-refractivity contribution in [2.75, 3.05) is 30.9 Å². The zero-order valence-electron chi connectivity index (χ0n) is 19.5. The summed E-state index contributed by atoms with van der Waals surface area (Å²) in [6.07, 6.45) is 0.719. The first-order chi connectivity index (χ1) is 15.8. The molecule has 1 aromatic carbocycles. The molecule has 0 aliphatic heterocycles. The number of nitrogens with zero attached hydrogens (tertiary/aromatic N) is 5. The van der Waals surface area contributed by atoms with Crippen LogP contribution in [-0.4, -0.2) is 57.2 Å². The highest BCUT2D eigenvalue weighted by Crippen LogP contribution is 2.25. The van der Waals surface area contributed by atoms with Crippen LogP contribution in [0.2, 0.25) is 0 Å². The third-order valence-corrected chi connectivity index (χ3v) is 5.59. The predicted octanol–water partition coefficient (Wildman–Crippen LogP) is 2.63. The van der Waals surface area contributed by atoms with Gasteiger partial charge in [-0.15, -0.1) is 0 Å². The van der Waals surface area contributed by atoms with Crippen LogP contribution in [0.5, 0.6) is 0 Å². The van der Waals surface area contributed by atoms with Gasteiger partial charge >= 0.3 is 0 Å². The van der Waals surface area contributed by atoms with E-state index in [0.29, 0.717) is 23.7 Å². The van der Waals surface area contributed by atoms with Crippen molar-refractivity contribution in [2.24, 2.45) is 0 Å². The van der Waals surface area contributed by atoms with E-state index in [1.807, 2.05) is 49.7 Å². The van der Waals surface area contributed by atoms with Crippen LogP contribution in [0.15, 0.2) is 24.3 Å². The molecule has 3 heterocycles. The second-order valence-electron chi connectivity index (χ2n) is 7.89. The number of nitrogens with one attached hydrogen (secondary N) is 3. The summed E-state index contributed by atoms with van der Waals surface area (Å²) < 4.78 is 1.83. The molecule has 10 heteroatoms. The van der Waals surface area contributed by atoms with Crippen molar-refractivity contribution in [2.45, 2.75) is 33.7 Å². The normalized spacial score (nSPS) is 11.2. The van der Waals surface area contributed by atoms with Gasteiger partial charge in [0.25, 0.3) is 5.91 Å². The molecule has 0 fully saturated rings. The molecular formula is C23H28N8O2. The Bertz CT molecular complexity index is 1350. The standard InChI is InChI=1S/C23H28N8O2/c1-6-14-10-16(20-13(3)29-31(7-2)21(20)25-14)22(33)26-15-8-9-17-18(11-15)28-23(27-17)30(5)12-19(32)24-4/h8-11H,6-7,12H2,1-5H3,(H,24,32)(H,26,33)(H,27,28). The van der Waals surface area contributed by atoms with Crippen LogP contribution in [0.25, 0.3) is 22.1 Å². The van der Waals surface area contributed by atoms with Crippen molar-refractivity contribution in [3.8, 4) is 0 Å².